The smallest absolute Gasteiger partial charge is 0.0874 e. The molecule has 70 heavy (non-hydrogen) atoms. The lowest BCUT2D eigenvalue weighted by Crippen LogP contribution is -2.21. The highest BCUT2D eigenvalue weighted by Gasteiger charge is 2.38. The summed E-state index contributed by atoms with van der Waals surface area (Å²) in [7, 11) is 0. The van der Waals surface area contributed by atoms with Crippen molar-refractivity contribution >= 4 is 11.4 Å². The van der Waals surface area contributed by atoms with Crippen molar-refractivity contribution in [3.05, 3.63) is 252 Å². The molecular formula is C68H50N2. The van der Waals surface area contributed by atoms with Gasteiger partial charge in [-0.05, 0) is 159 Å². The maximum absolute atomic E-state index is 9.12. The summed E-state index contributed by atoms with van der Waals surface area (Å²) in [4.78, 5) is 0. The summed E-state index contributed by atoms with van der Waals surface area (Å²) in [6.07, 6.45) is 0. The fourth-order valence-corrected chi connectivity index (χ4v) is 12.3. The van der Waals surface area contributed by atoms with Crippen molar-refractivity contribution in [3.8, 4) is 100 Å². The van der Waals surface area contributed by atoms with Gasteiger partial charge in [0.05, 0.1) is 11.4 Å². The molecule has 2 heteroatoms. The van der Waals surface area contributed by atoms with Crippen LogP contribution in [0.5, 0.6) is 0 Å². The summed E-state index contributed by atoms with van der Waals surface area (Å²) < 4.78 is 0. The molecule has 2 N–H and O–H groups in total. The maximum atomic E-state index is 9.12. The zero-order chi connectivity index (χ0) is 47.5. The first-order chi connectivity index (χ1) is 34.0. The first kappa shape index (κ1) is 41.7. The highest BCUT2D eigenvalue weighted by Crippen LogP contribution is 2.54. The van der Waals surface area contributed by atoms with Gasteiger partial charge in [0, 0.05) is 22.0 Å². The predicted molar refractivity (Wildman–Crippen MR) is 293 cm³/mol. The molecule has 3 aliphatic rings. The molecule has 0 spiro atoms. The molecule has 10 aromatic carbocycles. The van der Waals surface area contributed by atoms with Crippen LogP contribution in [0, 0.1) is 10.8 Å². The van der Waals surface area contributed by atoms with Crippen molar-refractivity contribution in [2.45, 2.75) is 38.5 Å². The van der Waals surface area contributed by atoms with E-state index in [1.54, 1.807) is 0 Å². The van der Waals surface area contributed by atoms with Crippen LogP contribution in [0.1, 0.15) is 61.1 Å². The Morgan fingerprint density at radius 1 is 0.229 bits per heavy atom. The van der Waals surface area contributed by atoms with Crippen molar-refractivity contribution in [2.24, 2.45) is 0 Å². The van der Waals surface area contributed by atoms with Crippen LogP contribution in [0.15, 0.2) is 218 Å². The van der Waals surface area contributed by atoms with Gasteiger partial charge in [-0.2, -0.15) is 0 Å². The van der Waals surface area contributed by atoms with Crippen molar-refractivity contribution < 1.29 is 0 Å². The fraction of sp³-hybridized carbons (Fsp3) is 0.0882. The Labute approximate surface area is 410 Å². The number of nitrogens with one attached hydrogen (secondary N) is 2. The fourth-order valence-electron chi connectivity index (χ4n) is 12.3. The Hall–Kier alpha value is -8.46. The molecule has 10 aromatic rings. The van der Waals surface area contributed by atoms with E-state index in [1.807, 2.05) is 12.1 Å². The molecular weight excluding hydrogens is 845 g/mol. The monoisotopic (exact) mass is 894 g/mol. The molecule has 0 fully saturated rings. The van der Waals surface area contributed by atoms with Crippen molar-refractivity contribution in [2.75, 3.05) is 0 Å². The minimum Gasteiger partial charge on any atom is -0.298 e. The normalized spacial score (nSPS) is 14.3. The number of hydrogen-bond acceptors (Lipinski definition) is 2. The SMILES string of the molecule is CC1(C)c2ccccc2-c2cccc(-c3cccc(-c4cccc(-c5ccc6c(c5)-c5cc(-c7cccc(-c8cccc(-c9cccc%10c9C(C)(C)c9ccccc9-%10)c8)c7)ccc5C(=N)C6=N)c4)c3)c21. The molecule has 0 unspecified atom stereocenters. The second kappa shape index (κ2) is 15.5. The molecule has 0 saturated carbocycles. The van der Waals surface area contributed by atoms with Crippen molar-refractivity contribution in [1.82, 2.24) is 0 Å². The zero-order valence-electron chi connectivity index (χ0n) is 39.8. The first-order valence-corrected chi connectivity index (χ1v) is 24.4. The molecule has 332 valence electrons. The zero-order valence-corrected chi connectivity index (χ0v) is 39.8. The third-order valence-electron chi connectivity index (χ3n) is 15.7. The van der Waals surface area contributed by atoms with Gasteiger partial charge in [0.1, 0.15) is 0 Å². The van der Waals surface area contributed by atoms with E-state index in [-0.39, 0.29) is 22.3 Å². The van der Waals surface area contributed by atoms with Crippen LogP contribution in [0.2, 0.25) is 0 Å². The summed E-state index contributed by atoms with van der Waals surface area (Å²) in [6, 6.07) is 79.5. The number of rotatable bonds is 6. The van der Waals surface area contributed by atoms with Crippen molar-refractivity contribution in [3.63, 3.8) is 0 Å². The minimum absolute atomic E-state index is 0.106. The second-order valence-corrected chi connectivity index (χ2v) is 20.4. The molecule has 0 aromatic heterocycles. The van der Waals surface area contributed by atoms with Crippen LogP contribution < -0.4 is 0 Å². The van der Waals surface area contributed by atoms with Gasteiger partial charge in [0.25, 0.3) is 0 Å². The lowest BCUT2D eigenvalue weighted by molar-refractivity contribution is 0.662. The van der Waals surface area contributed by atoms with Gasteiger partial charge in [0.15, 0.2) is 0 Å². The number of fused-ring (bicyclic) bond motifs is 9. The van der Waals surface area contributed by atoms with Crippen LogP contribution in [-0.4, -0.2) is 11.4 Å². The van der Waals surface area contributed by atoms with E-state index in [2.05, 4.69) is 234 Å². The van der Waals surface area contributed by atoms with Crippen LogP contribution in [0.4, 0.5) is 0 Å². The third kappa shape index (κ3) is 6.33. The minimum atomic E-state index is -0.106. The van der Waals surface area contributed by atoms with Gasteiger partial charge in [-0.1, -0.05) is 210 Å². The Balaban J connectivity index is 0.833. The number of benzene rings is 10. The van der Waals surface area contributed by atoms with Crippen LogP contribution in [-0.2, 0) is 10.8 Å². The molecule has 3 aliphatic carbocycles. The van der Waals surface area contributed by atoms with Gasteiger partial charge in [-0.25, -0.2) is 0 Å². The lowest BCUT2D eigenvalue weighted by atomic mass is 9.78. The van der Waals surface area contributed by atoms with Crippen LogP contribution in [0.25, 0.3) is 100 Å². The van der Waals surface area contributed by atoms with Gasteiger partial charge in [-0.15, -0.1) is 0 Å². The van der Waals surface area contributed by atoms with Gasteiger partial charge < -0.3 is 0 Å². The van der Waals surface area contributed by atoms with E-state index in [0.717, 1.165) is 55.6 Å². The summed E-state index contributed by atoms with van der Waals surface area (Å²) >= 11 is 0. The summed E-state index contributed by atoms with van der Waals surface area (Å²) in [5.41, 5.74) is 28.7. The van der Waals surface area contributed by atoms with Gasteiger partial charge in [-0.3, -0.25) is 10.8 Å². The predicted octanol–water partition coefficient (Wildman–Crippen LogP) is 17.7. The maximum Gasteiger partial charge on any atom is 0.0874 e. The lowest BCUT2D eigenvalue weighted by Gasteiger charge is -2.24. The van der Waals surface area contributed by atoms with Crippen molar-refractivity contribution in [1.29, 1.82) is 10.8 Å². The average molecular weight is 895 g/mol. The third-order valence-corrected chi connectivity index (χ3v) is 15.7. The second-order valence-electron chi connectivity index (χ2n) is 20.4. The first-order valence-electron chi connectivity index (χ1n) is 24.4. The highest BCUT2D eigenvalue weighted by molar-refractivity contribution is 6.55. The quantitative estimate of drug-likeness (QED) is 0.167. The molecule has 0 radical (unpaired) electrons. The summed E-state index contributed by atoms with van der Waals surface area (Å²) in [6.45, 7) is 9.41. The van der Waals surface area contributed by atoms with E-state index >= 15 is 0 Å². The molecule has 13 rings (SSSR count). The molecule has 0 amide bonds. The standard InChI is InChI=1S/C68H50N2/c1-67(2)61-29-7-5-23-53(61)55-27-13-25-51(63(55)67)49-21-11-19-45(37-49)41-15-9-17-43(35-41)47-31-33-57-59(39-47)60-40-48(32-34-58(60)66(70)65(57)69)44-18-10-16-42(36-44)46-20-12-22-50(38-46)52-26-14-28-56-54-24-6-8-30-62(54)68(3,4)64(52)56/h5-40,69-70H,1-4H3. The van der Waals surface area contributed by atoms with Crippen LogP contribution in [0.3, 0.4) is 0 Å². The number of hydrogen-bond donors (Lipinski definition) is 2. The Bertz CT molecular complexity index is 3620. The van der Waals surface area contributed by atoms with Gasteiger partial charge in [0.2, 0.25) is 0 Å². The Morgan fingerprint density at radius 3 is 0.900 bits per heavy atom. The van der Waals surface area contributed by atoms with E-state index in [1.165, 1.54) is 77.9 Å². The largest absolute Gasteiger partial charge is 0.298 e. The molecule has 0 aliphatic heterocycles. The van der Waals surface area contributed by atoms with E-state index in [0.29, 0.717) is 0 Å². The van der Waals surface area contributed by atoms with E-state index < -0.39 is 0 Å². The molecule has 0 bridgehead atoms. The molecule has 2 nitrogen and oxygen atoms in total. The molecule has 0 saturated heterocycles. The Kier molecular flexibility index (Phi) is 9.26. The van der Waals surface area contributed by atoms with E-state index in [9.17, 15) is 0 Å². The highest BCUT2D eigenvalue weighted by atomic mass is 14.6. The summed E-state index contributed by atoms with van der Waals surface area (Å²) in [5.74, 6) is 0. The molecule has 0 heterocycles. The summed E-state index contributed by atoms with van der Waals surface area (Å²) in [5, 5.41) is 18.2. The van der Waals surface area contributed by atoms with Gasteiger partial charge >= 0.3 is 0 Å². The topological polar surface area (TPSA) is 47.7 Å². The van der Waals surface area contributed by atoms with E-state index in [4.69, 9.17) is 10.8 Å². The Morgan fingerprint density at radius 2 is 0.514 bits per heavy atom. The molecule has 0 atom stereocenters. The average Bonchev–Trinajstić information content (AvgIpc) is 3.80. The van der Waals surface area contributed by atoms with Crippen LogP contribution >= 0.6 is 0 Å².